The Morgan fingerprint density at radius 1 is 1.17 bits per heavy atom. The molecule has 4 nitrogen and oxygen atoms in total. The third kappa shape index (κ3) is 3.78. The molecule has 23 heavy (non-hydrogen) atoms. The van der Waals surface area contributed by atoms with E-state index in [4.69, 9.17) is 11.6 Å². The predicted molar refractivity (Wildman–Crippen MR) is 100.0 cm³/mol. The lowest BCUT2D eigenvalue weighted by molar-refractivity contribution is 0.298. The number of aromatic nitrogens is 2. The normalized spacial score (nSPS) is 13.9. The van der Waals surface area contributed by atoms with Crippen LogP contribution in [0.25, 0.3) is 10.2 Å². The molecule has 3 rings (SSSR count). The molecule has 0 aromatic carbocycles. The fourth-order valence-electron chi connectivity index (χ4n) is 3.30. The van der Waals surface area contributed by atoms with Crippen molar-refractivity contribution in [2.45, 2.75) is 46.0 Å². The second-order valence-electron chi connectivity index (χ2n) is 6.04. The zero-order chi connectivity index (χ0) is 16.2. The SMILES string of the molecule is CCN(CC)CCCCNc1nc(Cl)nc2sc3c(c12)CCC3. The molecule has 1 aliphatic rings. The van der Waals surface area contributed by atoms with Crippen LogP contribution in [0.2, 0.25) is 5.28 Å². The van der Waals surface area contributed by atoms with E-state index in [9.17, 15) is 0 Å². The Hall–Kier alpha value is -0.910. The highest BCUT2D eigenvalue weighted by Gasteiger charge is 2.21. The summed E-state index contributed by atoms with van der Waals surface area (Å²) in [5.41, 5.74) is 1.45. The van der Waals surface area contributed by atoms with Crippen molar-refractivity contribution < 1.29 is 0 Å². The maximum atomic E-state index is 6.10. The standard InChI is InChI=1S/C17H25ClN4S/c1-3-22(4-2)11-6-5-10-19-15-14-12-8-7-9-13(12)23-16(14)21-17(18)20-15/h3-11H2,1-2H3,(H,19,20,21). The minimum atomic E-state index is 0.350. The van der Waals surface area contributed by atoms with E-state index in [2.05, 4.69) is 34.0 Å². The van der Waals surface area contributed by atoms with E-state index < -0.39 is 0 Å². The summed E-state index contributed by atoms with van der Waals surface area (Å²) in [6.07, 6.45) is 5.93. The summed E-state index contributed by atoms with van der Waals surface area (Å²) in [5.74, 6) is 0.933. The molecule has 0 aliphatic heterocycles. The van der Waals surface area contributed by atoms with Crippen LogP contribution in [0.1, 0.15) is 43.6 Å². The Balaban J connectivity index is 1.64. The number of anilines is 1. The lowest BCUT2D eigenvalue weighted by Crippen LogP contribution is -2.24. The highest BCUT2D eigenvalue weighted by molar-refractivity contribution is 7.19. The number of hydrogen-bond acceptors (Lipinski definition) is 5. The first kappa shape index (κ1) is 16.9. The molecule has 2 aromatic heterocycles. The number of fused-ring (bicyclic) bond motifs is 3. The molecule has 0 fully saturated rings. The summed E-state index contributed by atoms with van der Waals surface area (Å²) >= 11 is 7.89. The van der Waals surface area contributed by atoms with Gasteiger partial charge in [-0.05, 0) is 68.9 Å². The molecule has 0 spiro atoms. The first-order valence-electron chi connectivity index (χ1n) is 8.67. The van der Waals surface area contributed by atoms with Gasteiger partial charge in [-0.2, -0.15) is 0 Å². The first-order valence-corrected chi connectivity index (χ1v) is 9.86. The summed E-state index contributed by atoms with van der Waals surface area (Å²) in [7, 11) is 0. The van der Waals surface area contributed by atoms with Gasteiger partial charge in [0.15, 0.2) is 0 Å². The fraction of sp³-hybridized carbons (Fsp3) is 0.647. The van der Waals surface area contributed by atoms with Crippen molar-refractivity contribution in [1.82, 2.24) is 14.9 Å². The van der Waals surface area contributed by atoms with E-state index in [0.717, 1.165) is 43.1 Å². The van der Waals surface area contributed by atoms with Gasteiger partial charge in [-0.15, -0.1) is 11.3 Å². The number of unbranched alkanes of at least 4 members (excludes halogenated alkanes) is 1. The van der Waals surface area contributed by atoms with Crippen LogP contribution in [0.5, 0.6) is 0 Å². The number of nitrogens with one attached hydrogen (secondary N) is 1. The second kappa shape index (κ2) is 7.77. The molecule has 0 unspecified atom stereocenters. The topological polar surface area (TPSA) is 41.0 Å². The molecule has 0 radical (unpaired) electrons. The molecule has 2 heterocycles. The molecular weight excluding hydrogens is 328 g/mol. The van der Waals surface area contributed by atoms with Crippen molar-refractivity contribution in [3.63, 3.8) is 0 Å². The van der Waals surface area contributed by atoms with Crippen LogP contribution >= 0.6 is 22.9 Å². The zero-order valence-electron chi connectivity index (χ0n) is 14.0. The van der Waals surface area contributed by atoms with Crippen LogP contribution in [-0.4, -0.2) is 41.0 Å². The van der Waals surface area contributed by atoms with E-state index in [1.807, 2.05) is 0 Å². The van der Waals surface area contributed by atoms with Crippen molar-refractivity contribution in [1.29, 1.82) is 0 Å². The van der Waals surface area contributed by atoms with Crippen molar-refractivity contribution in [2.24, 2.45) is 0 Å². The van der Waals surface area contributed by atoms with Gasteiger partial charge in [-0.1, -0.05) is 13.8 Å². The average molecular weight is 353 g/mol. The van der Waals surface area contributed by atoms with Crippen LogP contribution in [0.3, 0.4) is 0 Å². The van der Waals surface area contributed by atoms with Gasteiger partial charge in [0.1, 0.15) is 10.6 Å². The maximum absolute atomic E-state index is 6.10. The molecular formula is C17H25ClN4S. The Bertz CT molecular complexity index is 666. The minimum Gasteiger partial charge on any atom is -0.369 e. The molecule has 0 saturated carbocycles. The van der Waals surface area contributed by atoms with Crippen molar-refractivity contribution in [3.8, 4) is 0 Å². The van der Waals surface area contributed by atoms with Crippen LogP contribution in [0.15, 0.2) is 0 Å². The van der Waals surface area contributed by atoms with Gasteiger partial charge in [0.25, 0.3) is 0 Å². The smallest absolute Gasteiger partial charge is 0.225 e. The molecule has 0 atom stereocenters. The summed E-state index contributed by atoms with van der Waals surface area (Å²) < 4.78 is 0. The molecule has 6 heteroatoms. The van der Waals surface area contributed by atoms with E-state index in [1.165, 1.54) is 41.6 Å². The van der Waals surface area contributed by atoms with Gasteiger partial charge in [0, 0.05) is 11.4 Å². The number of nitrogens with zero attached hydrogens (tertiary/aromatic N) is 3. The van der Waals surface area contributed by atoms with Crippen molar-refractivity contribution in [2.75, 3.05) is 31.5 Å². The Morgan fingerprint density at radius 2 is 2.00 bits per heavy atom. The first-order chi connectivity index (χ1) is 11.2. The van der Waals surface area contributed by atoms with Crippen molar-refractivity contribution in [3.05, 3.63) is 15.7 Å². The van der Waals surface area contributed by atoms with Crippen LogP contribution in [-0.2, 0) is 12.8 Å². The molecule has 0 saturated heterocycles. The largest absolute Gasteiger partial charge is 0.369 e. The van der Waals surface area contributed by atoms with E-state index in [0.29, 0.717) is 5.28 Å². The number of rotatable bonds is 8. The van der Waals surface area contributed by atoms with E-state index in [1.54, 1.807) is 11.3 Å². The predicted octanol–water partition coefficient (Wildman–Crippen LogP) is 4.37. The third-order valence-electron chi connectivity index (χ3n) is 4.63. The number of hydrogen-bond donors (Lipinski definition) is 1. The lowest BCUT2D eigenvalue weighted by Gasteiger charge is -2.17. The monoisotopic (exact) mass is 352 g/mol. The highest BCUT2D eigenvalue weighted by atomic mass is 35.5. The molecule has 2 aromatic rings. The molecule has 126 valence electrons. The van der Waals surface area contributed by atoms with Gasteiger partial charge < -0.3 is 10.2 Å². The molecule has 1 aliphatic carbocycles. The minimum absolute atomic E-state index is 0.350. The Morgan fingerprint density at radius 3 is 2.78 bits per heavy atom. The fourth-order valence-corrected chi connectivity index (χ4v) is 4.79. The van der Waals surface area contributed by atoms with Crippen LogP contribution < -0.4 is 5.32 Å². The van der Waals surface area contributed by atoms with Crippen molar-refractivity contribution >= 4 is 39.0 Å². The Labute approximate surface area is 147 Å². The summed E-state index contributed by atoms with van der Waals surface area (Å²) in [5, 5.41) is 5.07. The van der Waals surface area contributed by atoms with Gasteiger partial charge in [-0.25, -0.2) is 9.97 Å². The van der Waals surface area contributed by atoms with E-state index >= 15 is 0 Å². The molecule has 0 amide bonds. The van der Waals surface area contributed by atoms with Crippen LogP contribution in [0, 0.1) is 0 Å². The van der Waals surface area contributed by atoms with Gasteiger partial charge in [0.05, 0.1) is 5.39 Å². The van der Waals surface area contributed by atoms with Gasteiger partial charge in [-0.3, -0.25) is 0 Å². The molecule has 0 bridgehead atoms. The summed E-state index contributed by atoms with van der Waals surface area (Å²) in [6.45, 7) is 8.81. The summed E-state index contributed by atoms with van der Waals surface area (Å²) in [4.78, 5) is 13.9. The van der Waals surface area contributed by atoms with E-state index in [-0.39, 0.29) is 0 Å². The second-order valence-corrected chi connectivity index (χ2v) is 7.46. The maximum Gasteiger partial charge on any atom is 0.225 e. The lowest BCUT2D eigenvalue weighted by atomic mass is 10.2. The third-order valence-corrected chi connectivity index (χ3v) is 5.98. The quantitative estimate of drug-likeness (QED) is 0.566. The average Bonchev–Trinajstić information content (AvgIpc) is 3.10. The summed E-state index contributed by atoms with van der Waals surface area (Å²) in [6, 6.07) is 0. The van der Waals surface area contributed by atoms with Crippen LogP contribution in [0.4, 0.5) is 5.82 Å². The number of thiophene rings is 1. The van der Waals surface area contributed by atoms with Gasteiger partial charge in [0.2, 0.25) is 5.28 Å². The zero-order valence-corrected chi connectivity index (χ0v) is 15.6. The Kier molecular flexibility index (Phi) is 5.72. The highest BCUT2D eigenvalue weighted by Crippen LogP contribution is 2.39. The number of aryl methyl sites for hydroxylation is 2. The molecule has 1 N–H and O–H groups in total. The number of halogens is 1. The van der Waals surface area contributed by atoms with Gasteiger partial charge >= 0.3 is 0 Å².